The van der Waals surface area contributed by atoms with E-state index in [1.807, 2.05) is 19.2 Å². The highest BCUT2D eigenvalue weighted by atomic mass is 16.2. The molecule has 2 unspecified atom stereocenters. The van der Waals surface area contributed by atoms with Gasteiger partial charge in [0.15, 0.2) is 0 Å². The third-order valence-corrected chi connectivity index (χ3v) is 9.07. The second-order valence-corrected chi connectivity index (χ2v) is 10.8. The van der Waals surface area contributed by atoms with Crippen molar-refractivity contribution in [1.82, 2.24) is 9.80 Å². The first-order chi connectivity index (χ1) is 16.6. The molecule has 2 saturated heterocycles. The first-order valence-electron chi connectivity index (χ1n) is 12.8. The van der Waals surface area contributed by atoms with Gasteiger partial charge < -0.3 is 9.80 Å². The number of benzene rings is 2. The summed E-state index contributed by atoms with van der Waals surface area (Å²) in [5.74, 6) is 0.207. The van der Waals surface area contributed by atoms with Gasteiger partial charge in [0.25, 0.3) is 0 Å². The van der Waals surface area contributed by atoms with Crippen molar-refractivity contribution in [3.8, 4) is 0 Å². The minimum absolute atomic E-state index is 0.0701. The molecular weight excluding hydrogens is 422 g/mol. The third kappa shape index (κ3) is 2.70. The molecule has 34 heavy (non-hydrogen) atoms. The van der Waals surface area contributed by atoms with E-state index in [4.69, 9.17) is 0 Å². The average Bonchev–Trinajstić information content (AvgIpc) is 3.46. The zero-order valence-electron chi connectivity index (χ0n) is 19.8. The number of para-hydroxylation sites is 1. The molecule has 3 heterocycles. The van der Waals surface area contributed by atoms with Crippen molar-refractivity contribution in [2.45, 2.75) is 56.0 Å². The zero-order chi connectivity index (χ0) is 23.0. The van der Waals surface area contributed by atoms with Crippen molar-refractivity contribution in [2.24, 2.45) is 0 Å². The Balaban J connectivity index is 1.13. The molecule has 0 N–H and O–H groups in total. The van der Waals surface area contributed by atoms with E-state index >= 15 is 0 Å². The first-order valence-corrected chi connectivity index (χ1v) is 12.8. The Morgan fingerprint density at radius 2 is 1.76 bits per heavy atom. The molecule has 0 aromatic heterocycles. The number of aryl methyl sites for hydroxylation is 1. The normalized spacial score (nSPS) is 28.6. The highest BCUT2D eigenvalue weighted by Crippen LogP contribution is 2.49. The predicted molar refractivity (Wildman–Crippen MR) is 133 cm³/mol. The lowest BCUT2D eigenvalue weighted by Gasteiger charge is -2.40. The van der Waals surface area contributed by atoms with Gasteiger partial charge in [0.1, 0.15) is 5.41 Å². The van der Waals surface area contributed by atoms with Crippen LogP contribution in [0.5, 0.6) is 0 Å². The summed E-state index contributed by atoms with van der Waals surface area (Å²) in [5.41, 5.74) is 7.49. The quantitative estimate of drug-likeness (QED) is 0.699. The van der Waals surface area contributed by atoms with Gasteiger partial charge in [-0.3, -0.25) is 14.5 Å². The zero-order valence-corrected chi connectivity index (χ0v) is 19.8. The molecule has 174 valence electrons. The van der Waals surface area contributed by atoms with Gasteiger partial charge in [0.05, 0.1) is 0 Å². The van der Waals surface area contributed by atoms with Crippen molar-refractivity contribution in [2.75, 3.05) is 31.6 Å². The number of amides is 2. The van der Waals surface area contributed by atoms with Crippen LogP contribution in [0.2, 0.25) is 0 Å². The van der Waals surface area contributed by atoms with Gasteiger partial charge in [-0.25, -0.2) is 0 Å². The average molecular weight is 454 g/mol. The maximum Gasteiger partial charge on any atom is 0.240 e. The van der Waals surface area contributed by atoms with Gasteiger partial charge in [0, 0.05) is 50.9 Å². The number of carbonyl (C=O) groups is 2. The van der Waals surface area contributed by atoms with Gasteiger partial charge in [-0.2, -0.15) is 0 Å². The lowest BCUT2D eigenvalue weighted by molar-refractivity contribution is -0.128. The molecule has 1 spiro atoms. The summed E-state index contributed by atoms with van der Waals surface area (Å²) in [4.78, 5) is 32.9. The molecule has 2 amide bonds. The summed E-state index contributed by atoms with van der Waals surface area (Å²) in [6, 6.07) is 15.7. The molecule has 2 atom stereocenters. The van der Waals surface area contributed by atoms with E-state index < -0.39 is 5.41 Å². The highest BCUT2D eigenvalue weighted by molar-refractivity contribution is 6.12. The van der Waals surface area contributed by atoms with E-state index in [0.29, 0.717) is 19.0 Å². The van der Waals surface area contributed by atoms with Crippen LogP contribution in [0.15, 0.2) is 48.5 Å². The minimum Gasteiger partial charge on any atom is -0.344 e. The molecule has 0 bridgehead atoms. The van der Waals surface area contributed by atoms with Gasteiger partial charge in [0.2, 0.25) is 11.8 Å². The SMILES string of the molecule is CN1CC2(CC1=O)C(=O)N(C1CCN(C3Cc4cccc5c4C3=CCC5)CC1)c1ccccc12. The third-order valence-electron chi connectivity index (χ3n) is 9.07. The lowest BCUT2D eigenvalue weighted by atomic mass is 9.81. The standard InChI is InChI=1S/C29H31N3O2/c1-30-18-29(17-26(30)33)23-10-2-3-11-24(23)32(28(29)34)21-12-14-31(15-13-21)25-16-20-8-4-6-19-7-5-9-22(25)27(19)20/h2-4,6,8-11,21,25H,5,7,12-18H2,1H3. The number of anilines is 1. The Morgan fingerprint density at radius 1 is 0.971 bits per heavy atom. The number of rotatable bonds is 2. The molecule has 2 fully saturated rings. The topological polar surface area (TPSA) is 43.9 Å². The van der Waals surface area contributed by atoms with Crippen LogP contribution < -0.4 is 4.90 Å². The van der Waals surface area contributed by atoms with Gasteiger partial charge in [-0.05, 0) is 66.0 Å². The van der Waals surface area contributed by atoms with Crippen LogP contribution in [0.1, 0.15) is 47.9 Å². The maximum atomic E-state index is 13.9. The summed E-state index contributed by atoms with van der Waals surface area (Å²) in [6.45, 7) is 2.51. The number of hydrogen-bond acceptors (Lipinski definition) is 3. The predicted octanol–water partition coefficient (Wildman–Crippen LogP) is 3.55. The van der Waals surface area contributed by atoms with Crippen molar-refractivity contribution >= 4 is 23.1 Å². The summed E-state index contributed by atoms with van der Waals surface area (Å²) >= 11 is 0. The largest absolute Gasteiger partial charge is 0.344 e. The molecule has 5 aliphatic rings. The fourth-order valence-corrected chi connectivity index (χ4v) is 7.46. The summed E-state index contributed by atoms with van der Waals surface area (Å²) < 4.78 is 0. The summed E-state index contributed by atoms with van der Waals surface area (Å²) in [5, 5.41) is 0. The number of likely N-dealkylation sites (N-methyl/N-ethyl adjacent to an activating group) is 1. The molecule has 2 aromatic carbocycles. The van der Waals surface area contributed by atoms with Crippen LogP contribution in [0, 0.1) is 0 Å². The molecule has 5 nitrogen and oxygen atoms in total. The molecular formula is C29H31N3O2. The Bertz CT molecular complexity index is 1240. The van der Waals surface area contributed by atoms with Crippen molar-refractivity contribution in [3.63, 3.8) is 0 Å². The Labute approximate surface area is 201 Å². The number of piperidine rings is 1. The number of carbonyl (C=O) groups excluding carboxylic acids is 2. The fourth-order valence-electron chi connectivity index (χ4n) is 7.46. The van der Waals surface area contributed by atoms with E-state index in [9.17, 15) is 9.59 Å². The Morgan fingerprint density at radius 3 is 2.56 bits per heavy atom. The van der Waals surface area contributed by atoms with E-state index in [-0.39, 0.29) is 17.9 Å². The number of nitrogens with zero attached hydrogens (tertiary/aromatic N) is 3. The van der Waals surface area contributed by atoms with Gasteiger partial charge in [-0.15, -0.1) is 0 Å². The minimum atomic E-state index is -0.698. The molecule has 5 heteroatoms. The monoisotopic (exact) mass is 453 g/mol. The second-order valence-electron chi connectivity index (χ2n) is 10.8. The number of allylic oxidation sites excluding steroid dienone is 1. The van der Waals surface area contributed by atoms with Crippen LogP contribution >= 0.6 is 0 Å². The van der Waals surface area contributed by atoms with Gasteiger partial charge in [-0.1, -0.05) is 42.5 Å². The van der Waals surface area contributed by atoms with Crippen LogP contribution in [0.4, 0.5) is 5.69 Å². The van der Waals surface area contributed by atoms with E-state index in [0.717, 1.165) is 56.4 Å². The molecule has 2 aromatic rings. The van der Waals surface area contributed by atoms with Crippen LogP contribution in [0.3, 0.4) is 0 Å². The van der Waals surface area contributed by atoms with E-state index in [1.54, 1.807) is 10.5 Å². The number of likely N-dealkylation sites (tertiary alicyclic amines) is 2. The van der Waals surface area contributed by atoms with Crippen LogP contribution in [0.25, 0.3) is 5.57 Å². The molecule has 2 aliphatic carbocycles. The second kappa shape index (κ2) is 7.29. The molecule has 0 radical (unpaired) electrons. The van der Waals surface area contributed by atoms with Gasteiger partial charge >= 0.3 is 0 Å². The first kappa shape index (κ1) is 20.5. The summed E-state index contributed by atoms with van der Waals surface area (Å²) in [6.07, 6.45) is 8.16. The lowest BCUT2D eigenvalue weighted by Crippen LogP contribution is -2.52. The Hall–Kier alpha value is -2.92. The van der Waals surface area contributed by atoms with Crippen LogP contribution in [-0.2, 0) is 27.8 Å². The highest BCUT2D eigenvalue weighted by Gasteiger charge is 2.57. The maximum absolute atomic E-state index is 13.9. The van der Waals surface area contributed by atoms with E-state index in [1.165, 1.54) is 16.7 Å². The van der Waals surface area contributed by atoms with E-state index in [2.05, 4.69) is 46.2 Å². The smallest absolute Gasteiger partial charge is 0.240 e. The fraction of sp³-hybridized carbons (Fsp3) is 0.448. The molecule has 7 rings (SSSR count). The molecule has 3 aliphatic heterocycles. The van der Waals surface area contributed by atoms with Crippen molar-refractivity contribution in [3.05, 3.63) is 70.8 Å². The molecule has 0 saturated carbocycles. The summed E-state index contributed by atoms with van der Waals surface area (Å²) in [7, 11) is 1.82. The number of hydrogen-bond donors (Lipinski definition) is 0. The van der Waals surface area contributed by atoms with Crippen molar-refractivity contribution < 1.29 is 9.59 Å². The number of fused-ring (bicyclic) bond motifs is 2. The Kier molecular flexibility index (Phi) is 4.38. The van der Waals surface area contributed by atoms with Crippen LogP contribution in [-0.4, -0.2) is 60.4 Å². The van der Waals surface area contributed by atoms with Crippen molar-refractivity contribution in [1.29, 1.82) is 0 Å².